The van der Waals surface area contributed by atoms with Crippen molar-refractivity contribution in [2.75, 3.05) is 0 Å². The zero-order chi connectivity index (χ0) is 11.0. The van der Waals surface area contributed by atoms with Crippen LogP contribution in [-0.2, 0) is 0 Å². The lowest BCUT2D eigenvalue weighted by Gasteiger charge is -1.96. The molecule has 78 valence electrons. The third-order valence-corrected chi connectivity index (χ3v) is 2.62. The minimum absolute atomic E-state index is 0.0162. The maximum atomic E-state index is 12.0. The molecule has 0 saturated heterocycles. The summed E-state index contributed by atoms with van der Waals surface area (Å²) in [6, 6.07) is 1.75. The lowest BCUT2D eigenvalue weighted by atomic mass is 10.1. The van der Waals surface area contributed by atoms with Gasteiger partial charge in [0, 0.05) is 6.20 Å². The number of hydrogen-bond donors (Lipinski definition) is 1. The second-order valence-electron chi connectivity index (χ2n) is 3.75. The molecule has 15 heavy (non-hydrogen) atoms. The Morgan fingerprint density at radius 1 is 1.33 bits per heavy atom. The van der Waals surface area contributed by atoms with Crippen molar-refractivity contribution in [1.82, 2.24) is 4.98 Å². The van der Waals surface area contributed by atoms with E-state index in [2.05, 4.69) is 4.98 Å². The lowest BCUT2D eigenvalue weighted by Crippen LogP contribution is -2.02. The van der Waals surface area contributed by atoms with Gasteiger partial charge in [0.1, 0.15) is 12.0 Å². The van der Waals surface area contributed by atoms with Crippen molar-refractivity contribution in [2.24, 2.45) is 0 Å². The number of rotatable bonds is 2. The van der Waals surface area contributed by atoms with Crippen LogP contribution in [0.1, 0.15) is 32.9 Å². The molecule has 0 bridgehead atoms. The van der Waals surface area contributed by atoms with E-state index in [1.807, 2.05) is 27.0 Å². The molecule has 0 radical (unpaired) electrons. The van der Waals surface area contributed by atoms with Gasteiger partial charge in [-0.2, -0.15) is 0 Å². The molecule has 3 heteroatoms. The van der Waals surface area contributed by atoms with Crippen LogP contribution in [-0.4, -0.2) is 10.8 Å². The van der Waals surface area contributed by atoms with Gasteiger partial charge in [-0.1, -0.05) is 0 Å². The van der Waals surface area contributed by atoms with E-state index < -0.39 is 0 Å². The van der Waals surface area contributed by atoms with Gasteiger partial charge in [-0.25, -0.2) is 0 Å². The maximum Gasteiger partial charge on any atom is 0.212 e. The van der Waals surface area contributed by atoms with E-state index in [4.69, 9.17) is 4.42 Å². The van der Waals surface area contributed by atoms with E-state index in [9.17, 15) is 4.79 Å². The van der Waals surface area contributed by atoms with Crippen molar-refractivity contribution in [3.05, 3.63) is 46.7 Å². The van der Waals surface area contributed by atoms with Gasteiger partial charge in [-0.3, -0.25) is 4.79 Å². The monoisotopic (exact) mass is 203 g/mol. The third-order valence-electron chi connectivity index (χ3n) is 2.62. The molecule has 0 amide bonds. The molecule has 3 nitrogen and oxygen atoms in total. The zero-order valence-electron chi connectivity index (χ0n) is 9.05. The summed E-state index contributed by atoms with van der Waals surface area (Å²) in [6.07, 6.45) is 3.34. The number of carbonyl (C=O) groups excluding carboxylic acids is 1. The van der Waals surface area contributed by atoms with Gasteiger partial charge in [0.15, 0.2) is 0 Å². The van der Waals surface area contributed by atoms with Crippen LogP contribution in [0.15, 0.2) is 22.9 Å². The number of ketones is 1. The molecular weight excluding hydrogens is 190 g/mol. The molecule has 2 aromatic rings. The largest absolute Gasteiger partial charge is 0.469 e. The fourth-order valence-electron chi connectivity index (χ4n) is 1.54. The van der Waals surface area contributed by atoms with E-state index in [-0.39, 0.29) is 5.78 Å². The topological polar surface area (TPSA) is 46.0 Å². The van der Waals surface area contributed by atoms with Crippen LogP contribution in [0, 0.1) is 20.8 Å². The Hall–Kier alpha value is -1.77. The molecular formula is C12H13NO2. The van der Waals surface area contributed by atoms with Crippen molar-refractivity contribution in [1.29, 1.82) is 0 Å². The van der Waals surface area contributed by atoms with Gasteiger partial charge in [0.25, 0.3) is 0 Å². The van der Waals surface area contributed by atoms with Crippen molar-refractivity contribution in [3.63, 3.8) is 0 Å². The summed E-state index contributed by atoms with van der Waals surface area (Å²) in [5.74, 6) is 0.733. The van der Waals surface area contributed by atoms with Gasteiger partial charge >= 0.3 is 0 Å². The minimum Gasteiger partial charge on any atom is -0.469 e. The first-order chi connectivity index (χ1) is 7.09. The Morgan fingerprint density at radius 2 is 2.07 bits per heavy atom. The van der Waals surface area contributed by atoms with Crippen molar-refractivity contribution < 1.29 is 9.21 Å². The lowest BCUT2D eigenvalue weighted by molar-refractivity contribution is 0.103. The van der Waals surface area contributed by atoms with Crippen molar-refractivity contribution >= 4 is 5.78 Å². The summed E-state index contributed by atoms with van der Waals surface area (Å²) in [4.78, 5) is 15.0. The first kappa shape index (κ1) is 9.77. The number of H-pyrrole nitrogens is 1. The van der Waals surface area contributed by atoms with Crippen LogP contribution < -0.4 is 0 Å². The van der Waals surface area contributed by atoms with Crippen LogP contribution in [0.5, 0.6) is 0 Å². The average Bonchev–Trinajstić information content (AvgIpc) is 2.75. The second kappa shape index (κ2) is 3.42. The first-order valence-corrected chi connectivity index (χ1v) is 4.84. The number of aromatic nitrogens is 1. The first-order valence-electron chi connectivity index (χ1n) is 4.84. The molecule has 0 atom stereocenters. The Labute approximate surface area is 88.1 Å². The van der Waals surface area contributed by atoms with Crippen LogP contribution in [0.2, 0.25) is 0 Å². The Morgan fingerprint density at radius 3 is 2.53 bits per heavy atom. The van der Waals surface area contributed by atoms with Crippen LogP contribution >= 0.6 is 0 Å². The number of aryl methyl sites for hydroxylation is 2. The molecule has 2 heterocycles. The number of carbonyl (C=O) groups is 1. The van der Waals surface area contributed by atoms with Gasteiger partial charge in [0.05, 0.1) is 11.3 Å². The Kier molecular flexibility index (Phi) is 2.23. The van der Waals surface area contributed by atoms with E-state index >= 15 is 0 Å². The summed E-state index contributed by atoms with van der Waals surface area (Å²) >= 11 is 0. The molecule has 0 aliphatic carbocycles. The van der Waals surface area contributed by atoms with Gasteiger partial charge in [-0.15, -0.1) is 0 Å². The minimum atomic E-state index is -0.0162. The van der Waals surface area contributed by atoms with Gasteiger partial charge in [-0.05, 0) is 38.0 Å². The molecule has 0 saturated carbocycles. The maximum absolute atomic E-state index is 12.0. The molecule has 0 fully saturated rings. The summed E-state index contributed by atoms with van der Waals surface area (Å²) in [7, 11) is 0. The highest BCUT2D eigenvalue weighted by Gasteiger charge is 2.16. The average molecular weight is 203 g/mol. The fourth-order valence-corrected chi connectivity index (χ4v) is 1.54. The summed E-state index contributed by atoms with van der Waals surface area (Å²) in [5, 5.41) is 0. The molecule has 2 rings (SSSR count). The number of aromatic amines is 1. The number of nitrogens with one attached hydrogen (secondary N) is 1. The van der Waals surface area contributed by atoms with Crippen molar-refractivity contribution in [3.8, 4) is 0 Å². The summed E-state index contributed by atoms with van der Waals surface area (Å²) in [5.41, 5.74) is 3.34. The Bertz CT molecular complexity index is 505. The summed E-state index contributed by atoms with van der Waals surface area (Å²) < 4.78 is 5.12. The number of hydrogen-bond acceptors (Lipinski definition) is 2. The molecule has 0 spiro atoms. The smallest absolute Gasteiger partial charge is 0.212 e. The quantitative estimate of drug-likeness (QED) is 0.763. The molecule has 2 aromatic heterocycles. The highest BCUT2D eigenvalue weighted by Crippen LogP contribution is 2.17. The predicted molar refractivity (Wildman–Crippen MR) is 57.1 cm³/mol. The zero-order valence-corrected chi connectivity index (χ0v) is 9.05. The van der Waals surface area contributed by atoms with Gasteiger partial charge in [0.2, 0.25) is 5.78 Å². The second-order valence-corrected chi connectivity index (χ2v) is 3.75. The van der Waals surface area contributed by atoms with E-state index in [0.717, 1.165) is 16.9 Å². The standard InChI is InChI=1S/C12H13NO2/c1-7-5-13-11(9(7)3)12(14)10-4-8(2)15-6-10/h4-6,13H,1-3H3. The third kappa shape index (κ3) is 1.61. The van der Waals surface area contributed by atoms with Crippen LogP contribution in [0.4, 0.5) is 0 Å². The van der Waals surface area contributed by atoms with E-state index in [1.54, 1.807) is 6.07 Å². The molecule has 0 aliphatic heterocycles. The van der Waals surface area contributed by atoms with Crippen LogP contribution in [0.25, 0.3) is 0 Å². The summed E-state index contributed by atoms with van der Waals surface area (Å²) in [6.45, 7) is 5.73. The molecule has 0 unspecified atom stereocenters. The molecule has 0 aromatic carbocycles. The SMILES string of the molecule is Cc1cc(C(=O)c2[nH]cc(C)c2C)co1. The van der Waals surface area contributed by atoms with Crippen molar-refractivity contribution in [2.45, 2.75) is 20.8 Å². The normalized spacial score (nSPS) is 10.6. The fraction of sp³-hybridized carbons (Fsp3) is 0.250. The van der Waals surface area contributed by atoms with Gasteiger partial charge < -0.3 is 9.40 Å². The highest BCUT2D eigenvalue weighted by molar-refractivity contribution is 6.08. The molecule has 1 N–H and O–H groups in total. The number of furan rings is 1. The predicted octanol–water partition coefficient (Wildman–Crippen LogP) is 2.76. The molecule has 0 aliphatic rings. The highest BCUT2D eigenvalue weighted by atomic mass is 16.3. The Balaban J connectivity index is 2.41. The van der Waals surface area contributed by atoms with E-state index in [0.29, 0.717) is 11.3 Å². The van der Waals surface area contributed by atoms with Crippen LogP contribution in [0.3, 0.4) is 0 Å². The van der Waals surface area contributed by atoms with E-state index in [1.165, 1.54) is 6.26 Å².